The zero-order valence-electron chi connectivity index (χ0n) is 9.80. The van der Waals surface area contributed by atoms with Crippen LogP contribution in [0.25, 0.3) is 0 Å². The predicted octanol–water partition coefficient (Wildman–Crippen LogP) is -0.433. The first-order chi connectivity index (χ1) is 8.88. The highest BCUT2D eigenvalue weighted by Gasteiger charge is 2.19. The number of aromatic amines is 2. The van der Waals surface area contributed by atoms with Crippen molar-refractivity contribution in [2.45, 2.75) is 11.8 Å². The fourth-order valence-corrected chi connectivity index (χ4v) is 2.33. The van der Waals surface area contributed by atoms with Crippen LogP contribution in [0.3, 0.4) is 0 Å². The van der Waals surface area contributed by atoms with Crippen LogP contribution in [0.5, 0.6) is 0 Å². The van der Waals surface area contributed by atoms with Gasteiger partial charge in [0.25, 0.3) is 15.6 Å². The van der Waals surface area contributed by atoms with Gasteiger partial charge in [0.2, 0.25) is 0 Å². The first-order valence-electron chi connectivity index (χ1n) is 5.16. The third kappa shape index (κ3) is 2.88. The lowest BCUT2D eigenvalue weighted by Gasteiger charge is -2.06. The summed E-state index contributed by atoms with van der Waals surface area (Å²) >= 11 is 0. The molecule has 2 aromatic rings. The number of H-pyrrole nitrogens is 2. The second-order valence-electron chi connectivity index (χ2n) is 3.76. The summed E-state index contributed by atoms with van der Waals surface area (Å²) < 4.78 is 26.0. The highest BCUT2D eigenvalue weighted by atomic mass is 32.2. The number of anilines is 1. The van der Waals surface area contributed by atoms with Gasteiger partial charge in [-0.05, 0) is 18.6 Å². The van der Waals surface area contributed by atoms with Crippen molar-refractivity contribution >= 4 is 15.8 Å². The topological polar surface area (TPSA) is 125 Å². The van der Waals surface area contributed by atoms with E-state index < -0.39 is 26.2 Å². The van der Waals surface area contributed by atoms with Crippen molar-refractivity contribution in [1.82, 2.24) is 15.0 Å². The van der Waals surface area contributed by atoms with Gasteiger partial charge in [-0.25, -0.2) is 18.2 Å². The molecule has 2 aromatic heterocycles. The molecule has 0 spiro atoms. The molecule has 0 unspecified atom stereocenters. The molecule has 0 amide bonds. The van der Waals surface area contributed by atoms with Gasteiger partial charge in [0.15, 0.2) is 4.90 Å². The van der Waals surface area contributed by atoms with Crippen LogP contribution in [0.4, 0.5) is 5.82 Å². The summed E-state index contributed by atoms with van der Waals surface area (Å²) in [4.78, 5) is 29.4. The largest absolute Gasteiger partial charge is 0.325 e. The third-order valence-electron chi connectivity index (χ3n) is 2.23. The van der Waals surface area contributed by atoms with E-state index in [0.717, 1.165) is 11.8 Å². The molecule has 0 saturated heterocycles. The number of hydrogen-bond acceptors (Lipinski definition) is 5. The van der Waals surface area contributed by atoms with Gasteiger partial charge in [-0.2, -0.15) is 0 Å². The zero-order valence-corrected chi connectivity index (χ0v) is 10.6. The molecule has 0 aliphatic carbocycles. The molecule has 8 nitrogen and oxygen atoms in total. The van der Waals surface area contributed by atoms with Gasteiger partial charge in [-0.15, -0.1) is 0 Å². The average Bonchev–Trinajstić information content (AvgIpc) is 2.31. The standard InChI is InChI=1S/C10H10N4O4S/c1-6-2-3-8(11-4-6)14-19(17,18)7-5-12-10(16)13-9(7)15/h2-5H,1H3,(H,11,14)(H2,12,13,15,16). The van der Waals surface area contributed by atoms with E-state index in [1.807, 2.05) is 4.98 Å². The molecule has 0 saturated carbocycles. The first kappa shape index (κ1) is 13.0. The molecule has 0 aliphatic heterocycles. The molecule has 0 bridgehead atoms. The Morgan fingerprint density at radius 2 is 2.00 bits per heavy atom. The summed E-state index contributed by atoms with van der Waals surface area (Å²) in [6.07, 6.45) is 2.31. The Morgan fingerprint density at radius 1 is 1.26 bits per heavy atom. The molecule has 0 radical (unpaired) electrons. The van der Waals surface area contributed by atoms with Crippen LogP contribution in [0.1, 0.15) is 5.56 Å². The van der Waals surface area contributed by atoms with E-state index in [-0.39, 0.29) is 5.82 Å². The molecule has 19 heavy (non-hydrogen) atoms. The molecule has 2 rings (SSSR count). The van der Waals surface area contributed by atoms with E-state index in [2.05, 4.69) is 14.7 Å². The minimum Gasteiger partial charge on any atom is -0.313 e. The van der Waals surface area contributed by atoms with Gasteiger partial charge in [0.1, 0.15) is 5.82 Å². The van der Waals surface area contributed by atoms with Gasteiger partial charge in [-0.1, -0.05) is 6.07 Å². The lowest BCUT2D eigenvalue weighted by molar-refractivity contribution is 0.599. The fraction of sp³-hybridized carbons (Fsp3) is 0.100. The van der Waals surface area contributed by atoms with Crippen LogP contribution < -0.4 is 16.0 Å². The molecule has 9 heteroatoms. The fourth-order valence-electron chi connectivity index (χ4n) is 1.32. The van der Waals surface area contributed by atoms with Crippen LogP contribution >= 0.6 is 0 Å². The van der Waals surface area contributed by atoms with E-state index in [1.165, 1.54) is 12.3 Å². The zero-order chi connectivity index (χ0) is 14.0. The Labute approximate surface area is 107 Å². The maximum Gasteiger partial charge on any atom is 0.325 e. The number of rotatable bonds is 3. The van der Waals surface area contributed by atoms with Crippen molar-refractivity contribution in [1.29, 1.82) is 0 Å². The van der Waals surface area contributed by atoms with Crippen LogP contribution in [-0.2, 0) is 10.0 Å². The Bertz CT molecular complexity index is 804. The smallest absolute Gasteiger partial charge is 0.313 e. The molecule has 0 fully saturated rings. The van der Waals surface area contributed by atoms with Crippen LogP contribution in [0.15, 0.2) is 39.0 Å². The molecule has 0 aliphatic rings. The minimum atomic E-state index is -4.10. The summed E-state index contributed by atoms with van der Waals surface area (Å²) in [7, 11) is -4.10. The summed E-state index contributed by atoms with van der Waals surface area (Å²) in [6.45, 7) is 1.80. The van der Waals surface area contributed by atoms with Crippen molar-refractivity contribution in [2.75, 3.05) is 4.72 Å². The van der Waals surface area contributed by atoms with Gasteiger partial charge < -0.3 is 4.98 Å². The van der Waals surface area contributed by atoms with Crippen LogP contribution in [-0.4, -0.2) is 23.4 Å². The minimum absolute atomic E-state index is 0.0798. The van der Waals surface area contributed by atoms with Crippen molar-refractivity contribution in [3.05, 3.63) is 50.9 Å². The second-order valence-corrected chi connectivity index (χ2v) is 5.41. The van der Waals surface area contributed by atoms with E-state index in [1.54, 1.807) is 13.0 Å². The van der Waals surface area contributed by atoms with E-state index in [9.17, 15) is 18.0 Å². The number of aryl methyl sites for hydroxylation is 1. The Balaban J connectivity index is 2.40. The Kier molecular flexibility index (Phi) is 3.21. The predicted molar refractivity (Wildman–Crippen MR) is 67.5 cm³/mol. The van der Waals surface area contributed by atoms with Crippen LogP contribution in [0, 0.1) is 6.92 Å². The summed E-state index contributed by atoms with van der Waals surface area (Å²) in [6, 6.07) is 3.13. The average molecular weight is 282 g/mol. The summed E-state index contributed by atoms with van der Waals surface area (Å²) in [5.74, 6) is 0.0798. The Morgan fingerprint density at radius 3 is 2.58 bits per heavy atom. The molecule has 0 atom stereocenters. The monoisotopic (exact) mass is 282 g/mol. The lowest BCUT2D eigenvalue weighted by Crippen LogP contribution is -2.29. The van der Waals surface area contributed by atoms with Gasteiger partial charge >= 0.3 is 5.69 Å². The highest BCUT2D eigenvalue weighted by molar-refractivity contribution is 7.92. The van der Waals surface area contributed by atoms with Crippen molar-refractivity contribution < 1.29 is 8.42 Å². The second kappa shape index (κ2) is 4.69. The molecular formula is C10H10N4O4S. The number of hydrogen-bond donors (Lipinski definition) is 3. The quantitative estimate of drug-likeness (QED) is 0.704. The maximum absolute atomic E-state index is 11.9. The van der Waals surface area contributed by atoms with Crippen molar-refractivity contribution in [2.24, 2.45) is 0 Å². The first-order valence-corrected chi connectivity index (χ1v) is 6.64. The van der Waals surface area contributed by atoms with Crippen molar-refractivity contribution in [3.63, 3.8) is 0 Å². The van der Waals surface area contributed by atoms with Gasteiger partial charge in [0, 0.05) is 12.4 Å². The summed E-state index contributed by atoms with van der Waals surface area (Å²) in [5, 5.41) is 0. The van der Waals surface area contributed by atoms with Crippen molar-refractivity contribution in [3.8, 4) is 0 Å². The molecule has 100 valence electrons. The normalized spacial score (nSPS) is 11.2. The molecule has 3 N–H and O–H groups in total. The highest BCUT2D eigenvalue weighted by Crippen LogP contribution is 2.09. The van der Waals surface area contributed by atoms with E-state index >= 15 is 0 Å². The number of sulfonamides is 1. The Hall–Kier alpha value is -2.42. The van der Waals surface area contributed by atoms with Crippen LogP contribution in [0.2, 0.25) is 0 Å². The molecule has 2 heterocycles. The van der Waals surface area contributed by atoms with E-state index in [0.29, 0.717) is 0 Å². The van der Waals surface area contributed by atoms with Gasteiger partial charge in [-0.3, -0.25) is 14.5 Å². The number of nitrogens with zero attached hydrogens (tertiary/aromatic N) is 1. The number of nitrogens with one attached hydrogen (secondary N) is 3. The summed E-state index contributed by atoms with van der Waals surface area (Å²) in [5.41, 5.74) is -0.911. The molecule has 0 aromatic carbocycles. The third-order valence-corrected chi connectivity index (χ3v) is 3.59. The van der Waals surface area contributed by atoms with E-state index in [4.69, 9.17) is 0 Å². The SMILES string of the molecule is Cc1ccc(NS(=O)(=O)c2c[nH]c(=O)[nH]c2=O)nc1. The lowest BCUT2D eigenvalue weighted by atomic mass is 10.3. The number of pyridine rings is 1. The maximum atomic E-state index is 11.9. The number of aromatic nitrogens is 3. The van der Waals surface area contributed by atoms with Gasteiger partial charge in [0.05, 0.1) is 0 Å². The molecular weight excluding hydrogens is 272 g/mol.